The van der Waals surface area contributed by atoms with Crippen LogP contribution in [-0.2, 0) is 14.3 Å². The molecule has 2 aromatic heterocycles. The second-order valence-corrected chi connectivity index (χ2v) is 16.8. The molecule has 4 aromatic carbocycles. The second kappa shape index (κ2) is 19.6. The first-order chi connectivity index (χ1) is 32.2. The number of imidazole rings is 2. The highest BCUT2D eigenvalue weighted by Gasteiger charge is 2.39. The average molecular weight is 886 g/mol. The minimum Gasteiger partial charge on any atom is -0.453 e. The number of H-pyrrole nitrogens is 2. The van der Waals surface area contributed by atoms with Crippen LogP contribution in [0, 0.1) is 11.8 Å². The van der Waals surface area contributed by atoms with Crippen molar-refractivity contribution in [2.24, 2.45) is 0 Å². The summed E-state index contributed by atoms with van der Waals surface area (Å²) in [6.45, 7) is 1.77. The number of aliphatic hydroxyl groups is 1. The van der Waals surface area contributed by atoms with E-state index < -0.39 is 24.3 Å². The van der Waals surface area contributed by atoms with Gasteiger partial charge in [-0.1, -0.05) is 96.8 Å². The first kappa shape index (κ1) is 43.5. The van der Waals surface area contributed by atoms with Gasteiger partial charge in [-0.25, -0.2) is 19.6 Å². The van der Waals surface area contributed by atoms with Gasteiger partial charge in [0.25, 0.3) is 5.91 Å². The summed E-state index contributed by atoms with van der Waals surface area (Å²) in [6, 6.07) is 31.5. The second-order valence-electron chi connectivity index (χ2n) is 16.8. The zero-order valence-electron chi connectivity index (χ0n) is 36.5. The standard InChI is InChI=1S/C51H51N9O6/c1-66-51(65)57-45(38-12-6-3-7-13-38)49(63)60-28-9-15-43(60)47-53-31-41(55-47)36-24-20-34(21-25-36)17-16-33-18-22-35(23-19-33)40-30-52-46(54-40)42-14-8-27-59(42)48(62)44(37-10-4-2-5-11-37)56-50(64)58-29-26-39(61)32-58/h2-7,10-13,18-25,30-31,39,42-45,61H,8-9,14-15,26-29,32H2,1H3,(H,52,54)(H,53,55)(H,56,64)(H,57,65)/t39-,42-,43-,44+,45+/m0/s1. The summed E-state index contributed by atoms with van der Waals surface area (Å²) < 4.78 is 4.83. The summed E-state index contributed by atoms with van der Waals surface area (Å²) in [4.78, 5) is 75.0. The molecule has 0 aliphatic carbocycles. The van der Waals surface area contributed by atoms with E-state index in [9.17, 15) is 24.3 Å². The Balaban J connectivity index is 0.829. The molecule has 5 atom stereocenters. The number of ether oxygens (including phenoxy) is 1. The number of aromatic amines is 2. The fourth-order valence-corrected chi connectivity index (χ4v) is 9.06. The molecule has 0 unspecified atom stereocenters. The van der Waals surface area contributed by atoms with Crippen LogP contribution < -0.4 is 10.6 Å². The number of nitrogens with one attached hydrogen (secondary N) is 4. The number of aromatic nitrogens is 4. The molecule has 0 bridgehead atoms. The number of carbonyl (C=O) groups excluding carboxylic acids is 4. The van der Waals surface area contributed by atoms with Crippen LogP contribution in [0.2, 0.25) is 0 Å². The maximum Gasteiger partial charge on any atom is 0.407 e. The number of rotatable bonds is 10. The highest BCUT2D eigenvalue weighted by Crippen LogP contribution is 2.36. The van der Waals surface area contributed by atoms with E-state index in [2.05, 4.69) is 37.4 Å². The van der Waals surface area contributed by atoms with Crippen molar-refractivity contribution in [3.8, 4) is 34.4 Å². The molecule has 0 saturated carbocycles. The van der Waals surface area contributed by atoms with Crippen LogP contribution >= 0.6 is 0 Å². The summed E-state index contributed by atoms with van der Waals surface area (Å²) in [5, 5.41) is 15.7. The molecule has 336 valence electrons. The van der Waals surface area contributed by atoms with Gasteiger partial charge in [-0.2, -0.15) is 0 Å². The average Bonchev–Trinajstić information content (AvgIpc) is 4.23. The zero-order valence-corrected chi connectivity index (χ0v) is 36.5. The normalized spacial score (nSPS) is 18.9. The van der Waals surface area contributed by atoms with E-state index in [1.54, 1.807) is 22.2 Å². The van der Waals surface area contributed by atoms with Crippen molar-refractivity contribution in [3.05, 3.63) is 155 Å². The first-order valence-electron chi connectivity index (χ1n) is 22.3. The molecule has 66 heavy (non-hydrogen) atoms. The quantitative estimate of drug-likeness (QED) is 0.0928. The molecule has 3 aliphatic rings. The minimum atomic E-state index is -0.889. The summed E-state index contributed by atoms with van der Waals surface area (Å²) >= 11 is 0. The van der Waals surface area contributed by atoms with Gasteiger partial charge in [-0.15, -0.1) is 0 Å². The molecule has 15 nitrogen and oxygen atoms in total. The summed E-state index contributed by atoms with van der Waals surface area (Å²) in [6.07, 6.45) is 5.93. The summed E-state index contributed by atoms with van der Waals surface area (Å²) in [7, 11) is 1.28. The van der Waals surface area contributed by atoms with Gasteiger partial charge in [0.15, 0.2) is 0 Å². The Morgan fingerprint density at radius 2 is 1.12 bits per heavy atom. The molecule has 15 heteroatoms. The maximum atomic E-state index is 14.2. The van der Waals surface area contributed by atoms with Crippen molar-refractivity contribution in [2.75, 3.05) is 33.3 Å². The lowest BCUT2D eigenvalue weighted by Gasteiger charge is -2.30. The molecule has 5 N–H and O–H groups in total. The van der Waals surface area contributed by atoms with Crippen LogP contribution in [0.25, 0.3) is 22.5 Å². The Morgan fingerprint density at radius 3 is 1.56 bits per heavy atom. The number of hydrogen-bond acceptors (Lipinski definition) is 8. The smallest absolute Gasteiger partial charge is 0.407 e. The van der Waals surface area contributed by atoms with Crippen LogP contribution in [-0.4, -0.2) is 103 Å². The molecule has 3 fully saturated rings. The molecule has 5 heterocycles. The number of hydrogen-bond donors (Lipinski definition) is 5. The molecular formula is C51H51N9O6. The van der Waals surface area contributed by atoms with E-state index in [-0.39, 0.29) is 36.5 Å². The zero-order chi connectivity index (χ0) is 45.6. The third kappa shape index (κ3) is 9.55. The Hall–Kier alpha value is -7.70. The van der Waals surface area contributed by atoms with Crippen LogP contribution in [0.3, 0.4) is 0 Å². The SMILES string of the molecule is COC(=O)N[C@@H](C(=O)N1CCC[C@H]1c1ncc(-c2ccc(C#Cc3ccc(-c4cnc([C@@H]5CCCN5C(=O)[C@H](NC(=O)N5CC[C@H](O)C5)c5ccccc5)[nH]4)cc3)cc2)[nH]1)c1ccccc1. The lowest BCUT2D eigenvalue weighted by atomic mass is 10.0. The number of nitrogens with zero attached hydrogens (tertiary/aromatic N) is 5. The molecule has 6 aromatic rings. The molecule has 5 amide bonds. The van der Waals surface area contributed by atoms with Crippen molar-refractivity contribution in [2.45, 2.75) is 62.4 Å². The topological polar surface area (TPSA) is 189 Å². The number of aliphatic hydroxyl groups excluding tert-OH is 1. The van der Waals surface area contributed by atoms with Crippen molar-refractivity contribution < 1.29 is 29.0 Å². The van der Waals surface area contributed by atoms with Crippen molar-refractivity contribution in [1.82, 2.24) is 45.3 Å². The Morgan fingerprint density at radius 1 is 0.652 bits per heavy atom. The fourth-order valence-electron chi connectivity index (χ4n) is 9.06. The number of urea groups is 1. The number of carbonyl (C=O) groups is 4. The number of likely N-dealkylation sites (tertiary alicyclic amines) is 3. The number of alkyl carbamates (subject to hydrolysis) is 1. The van der Waals surface area contributed by atoms with Gasteiger partial charge in [-0.05, 0) is 78.6 Å². The molecule has 3 saturated heterocycles. The Kier molecular flexibility index (Phi) is 12.9. The van der Waals surface area contributed by atoms with Crippen LogP contribution in [0.1, 0.15) is 90.2 Å². The largest absolute Gasteiger partial charge is 0.453 e. The van der Waals surface area contributed by atoms with Crippen molar-refractivity contribution in [1.29, 1.82) is 0 Å². The van der Waals surface area contributed by atoms with Gasteiger partial charge in [0.1, 0.15) is 23.7 Å². The summed E-state index contributed by atoms with van der Waals surface area (Å²) in [5.74, 6) is 7.47. The lowest BCUT2D eigenvalue weighted by Crippen LogP contribution is -2.47. The van der Waals surface area contributed by atoms with E-state index in [0.717, 1.165) is 59.3 Å². The first-order valence-corrected chi connectivity index (χ1v) is 22.3. The predicted octanol–water partition coefficient (Wildman–Crippen LogP) is 6.81. The van der Waals surface area contributed by atoms with Crippen LogP contribution in [0.5, 0.6) is 0 Å². The van der Waals surface area contributed by atoms with Crippen molar-refractivity contribution in [3.63, 3.8) is 0 Å². The van der Waals surface area contributed by atoms with Crippen molar-refractivity contribution >= 4 is 23.9 Å². The van der Waals surface area contributed by atoms with E-state index in [4.69, 9.17) is 9.72 Å². The van der Waals surface area contributed by atoms with Gasteiger partial charge in [-0.3, -0.25) is 9.59 Å². The van der Waals surface area contributed by atoms with Crippen LogP contribution in [0.15, 0.2) is 122 Å². The molecular weight excluding hydrogens is 835 g/mol. The molecule has 3 aliphatic heterocycles. The van der Waals surface area contributed by atoms with E-state index in [1.807, 2.05) is 114 Å². The minimum absolute atomic E-state index is 0.200. The molecule has 0 spiro atoms. The lowest BCUT2D eigenvalue weighted by molar-refractivity contribution is -0.135. The monoisotopic (exact) mass is 885 g/mol. The van der Waals surface area contributed by atoms with Gasteiger partial charge in [0.2, 0.25) is 5.91 Å². The highest BCUT2D eigenvalue weighted by molar-refractivity contribution is 5.89. The van der Waals surface area contributed by atoms with Gasteiger partial charge < -0.3 is 45.1 Å². The summed E-state index contributed by atoms with van der Waals surface area (Å²) in [5.41, 5.74) is 6.56. The molecule has 9 rings (SSSR count). The molecule has 0 radical (unpaired) electrons. The maximum absolute atomic E-state index is 14.2. The number of β-amino-alcohol motifs (C(OH)–C–C–N with tert-alkyl or cyclic N) is 1. The van der Waals surface area contributed by atoms with E-state index in [0.29, 0.717) is 48.8 Å². The number of benzene rings is 4. The Bertz CT molecular complexity index is 2730. The van der Waals surface area contributed by atoms with Gasteiger partial charge >= 0.3 is 12.1 Å². The third-order valence-corrected chi connectivity index (χ3v) is 12.6. The van der Waals surface area contributed by atoms with E-state index >= 15 is 0 Å². The Labute approximate surface area is 382 Å². The highest BCUT2D eigenvalue weighted by atomic mass is 16.5. The third-order valence-electron chi connectivity index (χ3n) is 12.6. The van der Waals surface area contributed by atoms with E-state index in [1.165, 1.54) is 7.11 Å². The van der Waals surface area contributed by atoms with Gasteiger partial charge in [0.05, 0.1) is 49.1 Å². The number of amides is 5. The number of methoxy groups -OCH3 is 1. The fraction of sp³-hybridized carbons (Fsp3) is 0.294. The van der Waals surface area contributed by atoms with Crippen LogP contribution in [0.4, 0.5) is 9.59 Å². The van der Waals surface area contributed by atoms with Gasteiger partial charge in [0, 0.05) is 37.3 Å². The predicted molar refractivity (Wildman–Crippen MR) is 246 cm³/mol.